The van der Waals surface area contributed by atoms with Crippen LogP contribution in [0.25, 0.3) is 0 Å². The van der Waals surface area contributed by atoms with Crippen molar-refractivity contribution in [3.05, 3.63) is 29.8 Å². The van der Waals surface area contributed by atoms with Gasteiger partial charge in [-0.2, -0.15) is 0 Å². The first kappa shape index (κ1) is 20.3. The van der Waals surface area contributed by atoms with E-state index in [4.69, 9.17) is 4.74 Å². The first-order chi connectivity index (χ1) is 12.8. The molecule has 150 valence electrons. The maximum atomic E-state index is 13.1. The van der Waals surface area contributed by atoms with Gasteiger partial charge in [-0.3, -0.25) is 4.79 Å². The van der Waals surface area contributed by atoms with Crippen molar-refractivity contribution in [2.45, 2.75) is 49.1 Å². The summed E-state index contributed by atoms with van der Waals surface area (Å²) < 4.78 is 34.7. The van der Waals surface area contributed by atoms with Gasteiger partial charge in [-0.25, -0.2) is 13.1 Å². The third-order valence-corrected chi connectivity index (χ3v) is 7.18. The summed E-state index contributed by atoms with van der Waals surface area (Å²) in [4.78, 5) is 13.6. The minimum atomic E-state index is -3.86. The molecular weight excluding hydrogens is 368 g/mol. The van der Waals surface area contributed by atoms with E-state index in [9.17, 15) is 18.3 Å². The van der Waals surface area contributed by atoms with Gasteiger partial charge in [0.1, 0.15) is 0 Å². The zero-order chi connectivity index (χ0) is 19.7. The number of sulfonamides is 1. The molecule has 0 bridgehead atoms. The molecule has 7 nitrogen and oxygen atoms in total. The molecule has 1 saturated heterocycles. The van der Waals surface area contributed by atoms with Crippen LogP contribution in [-0.4, -0.2) is 63.8 Å². The first-order valence-corrected chi connectivity index (χ1v) is 10.8. The number of carbonyl (C=O) groups is 1. The Morgan fingerprint density at radius 1 is 1.37 bits per heavy atom. The summed E-state index contributed by atoms with van der Waals surface area (Å²) >= 11 is 0. The van der Waals surface area contributed by atoms with E-state index in [1.165, 1.54) is 17.0 Å². The van der Waals surface area contributed by atoms with Crippen molar-refractivity contribution in [1.82, 2.24) is 9.62 Å². The van der Waals surface area contributed by atoms with Crippen LogP contribution in [0.2, 0.25) is 0 Å². The van der Waals surface area contributed by atoms with E-state index in [2.05, 4.69) is 4.72 Å². The van der Waals surface area contributed by atoms with Crippen LogP contribution in [0, 0.1) is 5.41 Å². The Kier molecular flexibility index (Phi) is 5.90. The predicted molar refractivity (Wildman–Crippen MR) is 101 cm³/mol. The molecule has 2 aliphatic rings. The molecule has 1 aromatic carbocycles. The van der Waals surface area contributed by atoms with Crippen molar-refractivity contribution in [1.29, 1.82) is 0 Å². The third kappa shape index (κ3) is 4.03. The molecule has 0 aromatic heterocycles. The van der Waals surface area contributed by atoms with Gasteiger partial charge in [0.05, 0.1) is 23.6 Å². The molecule has 0 spiro atoms. The number of hydrogen-bond acceptors (Lipinski definition) is 5. The van der Waals surface area contributed by atoms with E-state index in [0.29, 0.717) is 12.2 Å². The van der Waals surface area contributed by atoms with Crippen molar-refractivity contribution in [3.63, 3.8) is 0 Å². The summed E-state index contributed by atoms with van der Waals surface area (Å²) in [6, 6.07) is 5.56. The number of nitrogens with one attached hydrogen (secondary N) is 1. The van der Waals surface area contributed by atoms with E-state index in [1.807, 2.05) is 0 Å². The number of aliphatic hydroxyl groups is 1. The van der Waals surface area contributed by atoms with E-state index in [1.54, 1.807) is 26.2 Å². The van der Waals surface area contributed by atoms with Gasteiger partial charge in [0.2, 0.25) is 10.0 Å². The Morgan fingerprint density at radius 3 is 2.63 bits per heavy atom. The Labute approximate surface area is 160 Å². The van der Waals surface area contributed by atoms with Crippen molar-refractivity contribution >= 4 is 15.9 Å². The normalized spacial score (nSPS) is 22.9. The van der Waals surface area contributed by atoms with Gasteiger partial charge in [0.25, 0.3) is 5.91 Å². The minimum absolute atomic E-state index is 0.0469. The topological polar surface area (TPSA) is 95.9 Å². The fourth-order valence-electron chi connectivity index (χ4n) is 3.95. The molecule has 1 saturated carbocycles. The maximum Gasteiger partial charge on any atom is 0.253 e. The molecule has 0 radical (unpaired) electrons. The van der Waals surface area contributed by atoms with Crippen LogP contribution in [0.4, 0.5) is 0 Å². The molecule has 1 amide bonds. The van der Waals surface area contributed by atoms with Gasteiger partial charge < -0.3 is 14.7 Å². The molecule has 2 unspecified atom stereocenters. The monoisotopic (exact) mass is 396 g/mol. The van der Waals surface area contributed by atoms with Crippen LogP contribution in [0.3, 0.4) is 0 Å². The van der Waals surface area contributed by atoms with Crippen molar-refractivity contribution in [2.75, 3.05) is 27.3 Å². The molecular formula is C19H28N2O5S. The molecule has 8 heteroatoms. The van der Waals surface area contributed by atoms with Gasteiger partial charge in [0, 0.05) is 31.7 Å². The van der Waals surface area contributed by atoms with Crippen molar-refractivity contribution in [2.24, 2.45) is 5.41 Å². The van der Waals surface area contributed by atoms with E-state index in [0.717, 1.165) is 32.1 Å². The lowest BCUT2D eigenvalue weighted by Crippen LogP contribution is -2.58. The van der Waals surface area contributed by atoms with E-state index >= 15 is 0 Å². The number of carbonyl (C=O) groups excluding carboxylic acids is 1. The average molecular weight is 397 g/mol. The number of ether oxygens (including phenoxy) is 1. The van der Waals surface area contributed by atoms with E-state index in [-0.39, 0.29) is 23.5 Å². The minimum Gasteiger partial charge on any atom is -0.396 e. The number of hydrogen-bond donors (Lipinski definition) is 2. The van der Waals surface area contributed by atoms with Gasteiger partial charge >= 0.3 is 0 Å². The highest BCUT2D eigenvalue weighted by atomic mass is 32.2. The van der Waals surface area contributed by atoms with Crippen LogP contribution in [0.15, 0.2) is 29.2 Å². The molecule has 2 N–H and O–H groups in total. The second-order valence-electron chi connectivity index (χ2n) is 7.75. The quantitative estimate of drug-likeness (QED) is 0.726. The third-order valence-electron chi connectivity index (χ3n) is 5.74. The molecule has 1 heterocycles. The number of benzene rings is 1. The molecule has 3 rings (SSSR count). The van der Waals surface area contributed by atoms with Gasteiger partial charge in [0.15, 0.2) is 0 Å². The zero-order valence-electron chi connectivity index (χ0n) is 15.8. The second kappa shape index (κ2) is 7.87. The zero-order valence-corrected chi connectivity index (χ0v) is 16.7. The summed E-state index contributed by atoms with van der Waals surface area (Å²) in [6.45, 7) is 0.538. The molecule has 27 heavy (non-hydrogen) atoms. The first-order valence-electron chi connectivity index (χ1n) is 9.36. The number of nitrogens with zero attached hydrogens (tertiary/aromatic N) is 1. The standard InChI is InChI=1S/C19H28N2O5S/c1-21(2)18(23)14-6-3-7-15(12-14)27(24,25)20-17(16-8-4-11-26-16)19(13-22)9-5-10-19/h3,6-7,12,16-17,20,22H,4-5,8-11,13H2,1-2H3. The average Bonchev–Trinajstić information content (AvgIpc) is 3.14. The molecule has 2 atom stereocenters. The highest BCUT2D eigenvalue weighted by molar-refractivity contribution is 7.89. The lowest BCUT2D eigenvalue weighted by Gasteiger charge is -2.48. The van der Waals surface area contributed by atoms with E-state index < -0.39 is 21.5 Å². The van der Waals surface area contributed by atoms with Crippen LogP contribution in [-0.2, 0) is 14.8 Å². The van der Waals surface area contributed by atoms with Crippen molar-refractivity contribution in [3.8, 4) is 0 Å². The van der Waals surface area contributed by atoms with Crippen LogP contribution >= 0.6 is 0 Å². The highest BCUT2D eigenvalue weighted by Crippen LogP contribution is 2.46. The Morgan fingerprint density at radius 2 is 2.11 bits per heavy atom. The Balaban J connectivity index is 1.89. The molecule has 1 aliphatic carbocycles. The maximum absolute atomic E-state index is 13.1. The molecule has 2 fully saturated rings. The lowest BCUT2D eigenvalue weighted by atomic mass is 9.63. The largest absolute Gasteiger partial charge is 0.396 e. The fraction of sp³-hybridized carbons (Fsp3) is 0.632. The van der Waals surface area contributed by atoms with Gasteiger partial charge in [-0.05, 0) is 43.9 Å². The Bertz CT molecular complexity index is 778. The second-order valence-corrected chi connectivity index (χ2v) is 9.47. The van der Waals surface area contributed by atoms with Crippen LogP contribution in [0.1, 0.15) is 42.5 Å². The Hall–Kier alpha value is -1.48. The van der Waals surface area contributed by atoms with Gasteiger partial charge in [-0.1, -0.05) is 12.5 Å². The number of rotatable bonds is 7. The van der Waals surface area contributed by atoms with Crippen LogP contribution in [0.5, 0.6) is 0 Å². The molecule has 1 aromatic rings. The summed E-state index contributed by atoms with van der Waals surface area (Å²) in [5, 5.41) is 9.97. The highest BCUT2D eigenvalue weighted by Gasteiger charge is 2.49. The molecule has 1 aliphatic heterocycles. The number of amides is 1. The smallest absolute Gasteiger partial charge is 0.253 e. The predicted octanol–water partition coefficient (Wildman–Crippen LogP) is 1.38. The fourth-order valence-corrected chi connectivity index (χ4v) is 5.36. The SMILES string of the molecule is CN(C)C(=O)c1cccc(S(=O)(=O)NC(C2CCCO2)C2(CO)CCC2)c1. The summed E-state index contributed by atoms with van der Waals surface area (Å²) in [5.41, 5.74) is -0.156. The summed E-state index contributed by atoms with van der Waals surface area (Å²) in [5.74, 6) is -0.256. The van der Waals surface area contributed by atoms with Crippen LogP contribution < -0.4 is 4.72 Å². The van der Waals surface area contributed by atoms with Crippen molar-refractivity contribution < 1.29 is 23.1 Å². The van der Waals surface area contributed by atoms with Gasteiger partial charge in [-0.15, -0.1) is 0 Å². The number of aliphatic hydroxyl groups excluding tert-OH is 1. The summed E-state index contributed by atoms with van der Waals surface area (Å²) in [6.07, 6.45) is 3.94. The lowest BCUT2D eigenvalue weighted by molar-refractivity contribution is -0.0429. The summed E-state index contributed by atoms with van der Waals surface area (Å²) in [7, 11) is -0.616.